The second-order valence-corrected chi connectivity index (χ2v) is 5.35. The highest BCUT2D eigenvalue weighted by atomic mass is 19.4. The van der Waals surface area contributed by atoms with Gasteiger partial charge in [-0.1, -0.05) is 0 Å². The monoisotopic (exact) mass is 370 g/mol. The Labute approximate surface area is 143 Å². The summed E-state index contributed by atoms with van der Waals surface area (Å²) in [5.74, 6) is -3.06. The number of hydrogen-bond acceptors (Lipinski definition) is 3. The fraction of sp³-hybridized carbons (Fsp3) is 0.176. The molecule has 4 nitrogen and oxygen atoms in total. The van der Waals surface area contributed by atoms with Crippen LogP contribution in [0.15, 0.2) is 30.3 Å². The molecule has 136 valence electrons. The molecule has 3 rings (SSSR count). The van der Waals surface area contributed by atoms with E-state index in [0.29, 0.717) is 12.1 Å². The van der Waals surface area contributed by atoms with Gasteiger partial charge in [-0.3, -0.25) is 0 Å². The number of esters is 1. The first-order chi connectivity index (χ1) is 12.2. The van der Waals surface area contributed by atoms with Crippen LogP contribution in [-0.4, -0.2) is 22.5 Å². The topological polar surface area (TPSA) is 55.0 Å². The number of benzene rings is 2. The van der Waals surface area contributed by atoms with Gasteiger partial charge in [0.1, 0.15) is 23.0 Å². The van der Waals surface area contributed by atoms with E-state index in [-0.39, 0.29) is 29.0 Å². The van der Waals surface area contributed by atoms with Crippen molar-refractivity contribution in [2.45, 2.75) is 13.1 Å². The summed E-state index contributed by atoms with van der Waals surface area (Å²) in [4.78, 5) is 18.6. The summed E-state index contributed by atoms with van der Waals surface area (Å²) >= 11 is 0. The van der Waals surface area contributed by atoms with Gasteiger partial charge in [-0.15, -0.1) is 0 Å². The molecule has 0 spiro atoms. The first kappa shape index (κ1) is 17.8. The minimum atomic E-state index is -4.74. The molecule has 0 saturated heterocycles. The number of alkyl halides is 3. The number of H-pyrrole nitrogens is 1. The molecule has 0 fully saturated rings. The van der Waals surface area contributed by atoms with E-state index in [4.69, 9.17) is 4.74 Å². The van der Waals surface area contributed by atoms with Gasteiger partial charge in [0.2, 0.25) is 0 Å². The highest BCUT2D eigenvalue weighted by Gasteiger charge is 2.32. The molecule has 3 aromatic rings. The van der Waals surface area contributed by atoms with Crippen LogP contribution in [0.5, 0.6) is 0 Å². The van der Waals surface area contributed by atoms with Crippen LogP contribution in [-0.2, 0) is 10.9 Å². The summed E-state index contributed by atoms with van der Waals surface area (Å²) in [7, 11) is 0. The number of ether oxygens (including phenoxy) is 1. The van der Waals surface area contributed by atoms with Crippen LogP contribution in [0.1, 0.15) is 22.8 Å². The zero-order chi connectivity index (χ0) is 19.1. The molecule has 0 aliphatic heterocycles. The first-order valence-electron chi connectivity index (χ1n) is 7.44. The van der Waals surface area contributed by atoms with Gasteiger partial charge in [-0.05, 0) is 37.3 Å². The van der Waals surface area contributed by atoms with E-state index in [9.17, 15) is 26.7 Å². The highest BCUT2D eigenvalue weighted by molar-refractivity contribution is 6.02. The van der Waals surface area contributed by atoms with Crippen molar-refractivity contribution in [1.82, 2.24) is 9.97 Å². The predicted octanol–water partition coefficient (Wildman–Crippen LogP) is 4.70. The highest BCUT2D eigenvalue weighted by Crippen LogP contribution is 2.33. The average molecular weight is 370 g/mol. The van der Waals surface area contributed by atoms with Crippen molar-refractivity contribution in [3.63, 3.8) is 0 Å². The maximum absolute atomic E-state index is 14.0. The lowest BCUT2D eigenvalue weighted by Crippen LogP contribution is -2.08. The van der Waals surface area contributed by atoms with Gasteiger partial charge in [0.25, 0.3) is 0 Å². The normalized spacial score (nSPS) is 11.8. The van der Waals surface area contributed by atoms with Crippen LogP contribution in [0.25, 0.3) is 22.4 Å². The summed E-state index contributed by atoms with van der Waals surface area (Å²) in [6.07, 6.45) is -4.74. The maximum Gasteiger partial charge on any atom is 0.416 e. The third kappa shape index (κ3) is 3.24. The van der Waals surface area contributed by atoms with Crippen molar-refractivity contribution in [3.05, 3.63) is 53.1 Å². The number of halogens is 5. The Morgan fingerprint density at radius 1 is 1.19 bits per heavy atom. The van der Waals surface area contributed by atoms with Gasteiger partial charge < -0.3 is 9.72 Å². The average Bonchev–Trinajstić information content (AvgIpc) is 2.97. The van der Waals surface area contributed by atoms with Crippen molar-refractivity contribution in [2.75, 3.05) is 6.61 Å². The summed E-state index contributed by atoms with van der Waals surface area (Å²) in [6, 6.07) is 4.16. The Bertz CT molecular complexity index is 995. The molecule has 1 aromatic heterocycles. The van der Waals surface area contributed by atoms with E-state index in [1.165, 1.54) is 6.07 Å². The standard InChI is InChI=1S/C17H11F5N2O2/c1-2-26-16(25)13-11(19)3-4-12-14(13)24-15(23-12)8-5-9(17(20,21)22)7-10(18)6-8/h3-7H,2H2,1H3,(H,23,24). The SMILES string of the molecule is CCOC(=O)c1c(F)ccc2nc(-c3cc(F)cc(C(F)(F)F)c3)[nH]c12. The third-order valence-electron chi connectivity index (χ3n) is 3.59. The Morgan fingerprint density at radius 3 is 2.58 bits per heavy atom. The van der Waals surface area contributed by atoms with Gasteiger partial charge in [-0.2, -0.15) is 13.2 Å². The lowest BCUT2D eigenvalue weighted by Gasteiger charge is -2.08. The van der Waals surface area contributed by atoms with Crippen LogP contribution in [0.3, 0.4) is 0 Å². The molecular formula is C17H11F5N2O2. The number of aromatic amines is 1. The molecule has 2 aromatic carbocycles. The molecule has 9 heteroatoms. The van der Waals surface area contributed by atoms with Gasteiger partial charge >= 0.3 is 12.1 Å². The van der Waals surface area contributed by atoms with Gasteiger partial charge in [-0.25, -0.2) is 18.6 Å². The molecule has 1 heterocycles. The summed E-state index contributed by atoms with van der Waals surface area (Å²) in [6.45, 7) is 1.55. The lowest BCUT2D eigenvalue weighted by molar-refractivity contribution is -0.137. The second-order valence-electron chi connectivity index (χ2n) is 5.35. The van der Waals surface area contributed by atoms with E-state index in [1.807, 2.05) is 0 Å². The Balaban J connectivity index is 2.18. The summed E-state index contributed by atoms with van der Waals surface area (Å²) < 4.78 is 71.0. The number of imidazole rings is 1. The molecule has 0 amide bonds. The zero-order valence-corrected chi connectivity index (χ0v) is 13.2. The summed E-state index contributed by atoms with van der Waals surface area (Å²) in [5.41, 5.74) is -1.72. The van der Waals surface area contributed by atoms with Crippen molar-refractivity contribution in [2.24, 2.45) is 0 Å². The van der Waals surface area contributed by atoms with Crippen molar-refractivity contribution in [1.29, 1.82) is 0 Å². The van der Waals surface area contributed by atoms with Crippen LogP contribution in [0.4, 0.5) is 22.0 Å². The van der Waals surface area contributed by atoms with Gasteiger partial charge in [0.05, 0.1) is 23.2 Å². The Morgan fingerprint density at radius 2 is 1.92 bits per heavy atom. The van der Waals surface area contributed by atoms with E-state index < -0.39 is 34.9 Å². The number of carbonyl (C=O) groups excluding carboxylic acids is 1. The zero-order valence-electron chi connectivity index (χ0n) is 13.2. The van der Waals surface area contributed by atoms with Crippen LogP contribution in [0, 0.1) is 11.6 Å². The van der Waals surface area contributed by atoms with Gasteiger partial charge in [0, 0.05) is 5.56 Å². The number of carbonyl (C=O) groups is 1. The smallest absolute Gasteiger partial charge is 0.416 e. The first-order valence-corrected chi connectivity index (χ1v) is 7.44. The Hall–Kier alpha value is -2.97. The number of nitrogens with one attached hydrogen (secondary N) is 1. The van der Waals surface area contributed by atoms with Crippen molar-refractivity contribution in [3.8, 4) is 11.4 Å². The largest absolute Gasteiger partial charge is 0.462 e. The molecule has 26 heavy (non-hydrogen) atoms. The Kier molecular flexibility index (Phi) is 4.39. The van der Waals surface area contributed by atoms with E-state index >= 15 is 0 Å². The number of fused-ring (bicyclic) bond motifs is 1. The maximum atomic E-state index is 14.0. The molecular weight excluding hydrogens is 359 g/mol. The molecule has 0 atom stereocenters. The predicted molar refractivity (Wildman–Crippen MR) is 82.4 cm³/mol. The van der Waals surface area contributed by atoms with Crippen molar-refractivity contribution >= 4 is 17.0 Å². The lowest BCUT2D eigenvalue weighted by atomic mass is 10.1. The molecule has 0 unspecified atom stereocenters. The number of hydrogen-bond donors (Lipinski definition) is 1. The van der Waals surface area contributed by atoms with Crippen LogP contribution < -0.4 is 0 Å². The quantitative estimate of drug-likeness (QED) is 0.537. The minimum absolute atomic E-state index is 0.00843. The van der Waals surface area contributed by atoms with Crippen molar-refractivity contribution < 1.29 is 31.5 Å². The second kappa shape index (κ2) is 6.40. The molecule has 0 aliphatic carbocycles. The fourth-order valence-corrected chi connectivity index (χ4v) is 2.48. The number of rotatable bonds is 3. The summed E-state index contributed by atoms with van der Waals surface area (Å²) in [5, 5.41) is 0. The number of nitrogens with zero attached hydrogens (tertiary/aromatic N) is 1. The van der Waals surface area contributed by atoms with E-state index in [2.05, 4.69) is 9.97 Å². The van der Waals surface area contributed by atoms with E-state index in [0.717, 1.165) is 12.1 Å². The molecule has 0 radical (unpaired) electrons. The number of aromatic nitrogens is 2. The third-order valence-corrected chi connectivity index (χ3v) is 3.59. The van der Waals surface area contributed by atoms with Crippen LogP contribution >= 0.6 is 0 Å². The van der Waals surface area contributed by atoms with Crippen LogP contribution in [0.2, 0.25) is 0 Å². The van der Waals surface area contributed by atoms with Gasteiger partial charge in [0.15, 0.2) is 0 Å². The molecule has 0 aliphatic rings. The molecule has 0 saturated carbocycles. The molecule has 1 N–H and O–H groups in total. The van der Waals surface area contributed by atoms with E-state index in [1.54, 1.807) is 6.92 Å². The fourth-order valence-electron chi connectivity index (χ4n) is 2.48. The molecule has 0 bridgehead atoms. The minimum Gasteiger partial charge on any atom is -0.462 e.